The molecule has 2 aliphatic rings. The first-order valence-electron chi connectivity index (χ1n) is 9.23. The SMILES string of the molecule is COc1cc(F)cc([C@@H]2CCNC[C@H]2COc2ccc3c(c2)C(=O)NC3)c1. The zero-order valence-corrected chi connectivity index (χ0v) is 15.3. The molecule has 5 nitrogen and oxygen atoms in total. The zero-order chi connectivity index (χ0) is 18.8. The van der Waals surface area contributed by atoms with Gasteiger partial charge in [0.25, 0.3) is 5.91 Å². The van der Waals surface area contributed by atoms with E-state index < -0.39 is 0 Å². The molecular weight excluding hydrogens is 347 g/mol. The largest absolute Gasteiger partial charge is 0.497 e. The van der Waals surface area contributed by atoms with Crippen molar-refractivity contribution in [2.24, 2.45) is 5.92 Å². The molecule has 2 atom stereocenters. The molecule has 4 rings (SSSR count). The predicted molar refractivity (Wildman–Crippen MR) is 99.8 cm³/mol. The fraction of sp³-hybridized carbons (Fsp3) is 0.381. The Morgan fingerprint density at radius 1 is 1.19 bits per heavy atom. The van der Waals surface area contributed by atoms with Crippen LogP contribution in [0, 0.1) is 11.7 Å². The van der Waals surface area contributed by atoms with Gasteiger partial charge < -0.3 is 20.1 Å². The van der Waals surface area contributed by atoms with Crippen molar-refractivity contribution >= 4 is 5.91 Å². The molecule has 0 saturated carbocycles. The molecule has 0 bridgehead atoms. The molecule has 0 radical (unpaired) electrons. The number of fused-ring (bicyclic) bond motifs is 1. The van der Waals surface area contributed by atoms with Crippen LogP contribution in [0.2, 0.25) is 0 Å². The maximum absolute atomic E-state index is 13.9. The van der Waals surface area contributed by atoms with Crippen molar-refractivity contribution in [2.75, 3.05) is 26.8 Å². The van der Waals surface area contributed by atoms with Crippen molar-refractivity contribution in [3.05, 3.63) is 58.9 Å². The maximum Gasteiger partial charge on any atom is 0.252 e. The Bertz CT molecular complexity index is 855. The average Bonchev–Trinajstić information content (AvgIpc) is 3.06. The van der Waals surface area contributed by atoms with Crippen LogP contribution in [0.4, 0.5) is 4.39 Å². The van der Waals surface area contributed by atoms with Gasteiger partial charge in [0.05, 0.1) is 13.7 Å². The van der Waals surface area contributed by atoms with E-state index in [9.17, 15) is 9.18 Å². The molecule has 1 fully saturated rings. The number of carbonyl (C=O) groups is 1. The fourth-order valence-corrected chi connectivity index (χ4v) is 3.94. The van der Waals surface area contributed by atoms with Gasteiger partial charge in [-0.15, -0.1) is 0 Å². The maximum atomic E-state index is 13.9. The summed E-state index contributed by atoms with van der Waals surface area (Å²) in [4.78, 5) is 11.8. The summed E-state index contributed by atoms with van der Waals surface area (Å²) < 4.78 is 25.2. The lowest BCUT2D eigenvalue weighted by Crippen LogP contribution is -2.38. The Hall–Kier alpha value is -2.60. The first-order valence-corrected chi connectivity index (χ1v) is 9.23. The van der Waals surface area contributed by atoms with Gasteiger partial charge in [-0.3, -0.25) is 4.79 Å². The summed E-state index contributed by atoms with van der Waals surface area (Å²) in [6.45, 7) is 2.76. The molecule has 142 valence electrons. The Balaban J connectivity index is 1.49. The van der Waals surface area contributed by atoms with Crippen LogP contribution in [0.5, 0.6) is 11.5 Å². The Labute approximate surface area is 157 Å². The van der Waals surface area contributed by atoms with Gasteiger partial charge in [-0.2, -0.15) is 0 Å². The summed E-state index contributed by atoms with van der Waals surface area (Å²) in [5.74, 6) is 1.27. The van der Waals surface area contributed by atoms with Gasteiger partial charge in [0, 0.05) is 30.6 Å². The number of amides is 1. The van der Waals surface area contributed by atoms with E-state index in [-0.39, 0.29) is 23.6 Å². The van der Waals surface area contributed by atoms with E-state index in [1.807, 2.05) is 18.2 Å². The number of hydrogen-bond acceptors (Lipinski definition) is 4. The summed E-state index contributed by atoms with van der Waals surface area (Å²) in [7, 11) is 1.55. The van der Waals surface area contributed by atoms with Crippen molar-refractivity contribution < 1.29 is 18.7 Å². The molecule has 2 aromatic carbocycles. The highest BCUT2D eigenvalue weighted by atomic mass is 19.1. The topological polar surface area (TPSA) is 59.6 Å². The van der Waals surface area contributed by atoms with Crippen molar-refractivity contribution in [1.29, 1.82) is 0 Å². The minimum Gasteiger partial charge on any atom is -0.497 e. The normalized spacial score (nSPS) is 21.5. The number of piperidine rings is 1. The summed E-state index contributed by atoms with van der Waals surface area (Å²) in [6, 6.07) is 10.5. The molecular formula is C21H23FN2O3. The fourth-order valence-electron chi connectivity index (χ4n) is 3.94. The average molecular weight is 370 g/mol. The van der Waals surface area contributed by atoms with Crippen LogP contribution in [0.3, 0.4) is 0 Å². The summed E-state index contributed by atoms with van der Waals surface area (Å²) in [6.07, 6.45) is 0.910. The monoisotopic (exact) mass is 370 g/mol. The third kappa shape index (κ3) is 3.76. The van der Waals surface area contributed by atoms with Gasteiger partial charge in [0.15, 0.2) is 0 Å². The van der Waals surface area contributed by atoms with Gasteiger partial charge in [0.1, 0.15) is 17.3 Å². The molecule has 0 unspecified atom stereocenters. The first kappa shape index (κ1) is 17.8. The van der Waals surface area contributed by atoms with E-state index in [4.69, 9.17) is 9.47 Å². The number of hydrogen-bond donors (Lipinski definition) is 2. The highest BCUT2D eigenvalue weighted by Gasteiger charge is 2.28. The van der Waals surface area contributed by atoms with Gasteiger partial charge in [0.2, 0.25) is 0 Å². The van der Waals surface area contributed by atoms with E-state index in [0.717, 1.165) is 30.6 Å². The number of nitrogens with one attached hydrogen (secondary N) is 2. The summed E-state index contributed by atoms with van der Waals surface area (Å²) in [5, 5.41) is 6.20. The van der Waals surface area contributed by atoms with Crippen LogP contribution < -0.4 is 20.1 Å². The highest BCUT2D eigenvalue weighted by Crippen LogP contribution is 2.33. The van der Waals surface area contributed by atoms with Crippen LogP contribution in [-0.2, 0) is 6.54 Å². The second-order valence-electron chi connectivity index (χ2n) is 7.10. The lowest BCUT2D eigenvalue weighted by atomic mass is 9.81. The van der Waals surface area contributed by atoms with Crippen LogP contribution >= 0.6 is 0 Å². The number of benzene rings is 2. The van der Waals surface area contributed by atoms with Crippen molar-refractivity contribution in [1.82, 2.24) is 10.6 Å². The van der Waals surface area contributed by atoms with Gasteiger partial charge >= 0.3 is 0 Å². The van der Waals surface area contributed by atoms with Crippen LogP contribution in [0.1, 0.15) is 33.8 Å². The lowest BCUT2D eigenvalue weighted by Gasteiger charge is -2.32. The summed E-state index contributed by atoms with van der Waals surface area (Å²) >= 11 is 0. The molecule has 6 heteroatoms. The Morgan fingerprint density at radius 2 is 2.07 bits per heavy atom. The van der Waals surface area contributed by atoms with Crippen molar-refractivity contribution in [2.45, 2.75) is 18.9 Å². The van der Waals surface area contributed by atoms with E-state index in [1.54, 1.807) is 19.2 Å². The van der Waals surface area contributed by atoms with Crippen LogP contribution in [-0.4, -0.2) is 32.7 Å². The van der Waals surface area contributed by atoms with E-state index in [2.05, 4.69) is 10.6 Å². The smallest absolute Gasteiger partial charge is 0.252 e. The van der Waals surface area contributed by atoms with Gasteiger partial charge in [-0.05, 0) is 54.3 Å². The Morgan fingerprint density at radius 3 is 2.93 bits per heavy atom. The van der Waals surface area contributed by atoms with Gasteiger partial charge in [-0.1, -0.05) is 6.07 Å². The van der Waals surface area contributed by atoms with E-state index in [1.165, 1.54) is 6.07 Å². The number of ether oxygens (including phenoxy) is 2. The van der Waals surface area contributed by atoms with Crippen molar-refractivity contribution in [3.8, 4) is 11.5 Å². The Kier molecular flexibility index (Phi) is 4.99. The van der Waals surface area contributed by atoms with Crippen LogP contribution in [0.25, 0.3) is 0 Å². The van der Waals surface area contributed by atoms with Crippen molar-refractivity contribution in [3.63, 3.8) is 0 Å². The van der Waals surface area contributed by atoms with Crippen LogP contribution in [0.15, 0.2) is 36.4 Å². The van der Waals surface area contributed by atoms with E-state index in [0.29, 0.717) is 30.2 Å². The number of rotatable bonds is 5. The quantitative estimate of drug-likeness (QED) is 0.850. The lowest BCUT2D eigenvalue weighted by molar-refractivity contribution is 0.0965. The second-order valence-corrected chi connectivity index (χ2v) is 7.10. The minimum absolute atomic E-state index is 0.0560. The molecule has 1 amide bonds. The number of methoxy groups -OCH3 is 1. The number of carbonyl (C=O) groups excluding carboxylic acids is 1. The third-order valence-electron chi connectivity index (χ3n) is 5.39. The molecule has 2 aromatic rings. The first-order chi connectivity index (χ1) is 13.1. The van der Waals surface area contributed by atoms with E-state index >= 15 is 0 Å². The predicted octanol–water partition coefficient (Wildman–Crippen LogP) is 2.85. The van der Waals surface area contributed by atoms with Gasteiger partial charge in [-0.25, -0.2) is 4.39 Å². The molecule has 2 N–H and O–H groups in total. The minimum atomic E-state index is -0.285. The second kappa shape index (κ2) is 7.56. The molecule has 27 heavy (non-hydrogen) atoms. The molecule has 2 heterocycles. The highest BCUT2D eigenvalue weighted by molar-refractivity contribution is 5.98. The summed E-state index contributed by atoms with van der Waals surface area (Å²) in [5.41, 5.74) is 2.62. The standard InChI is InChI=1S/C21H23FN2O3/c1-26-18-7-14(6-16(22)8-18)19-4-5-23-10-15(19)12-27-17-3-2-13-11-24-21(25)20(13)9-17/h2-3,6-9,15,19,23H,4-5,10-12H2,1H3,(H,24,25)/t15-,19-/m0/s1. The molecule has 0 spiro atoms. The third-order valence-corrected chi connectivity index (χ3v) is 5.39. The number of halogens is 1. The molecule has 0 aromatic heterocycles. The molecule has 1 saturated heterocycles. The molecule has 0 aliphatic carbocycles. The molecule has 2 aliphatic heterocycles. The zero-order valence-electron chi connectivity index (χ0n) is 15.3.